The second-order valence-electron chi connectivity index (χ2n) is 7.57. The highest BCUT2D eigenvalue weighted by molar-refractivity contribution is 5.98. The van der Waals surface area contributed by atoms with Gasteiger partial charge in [0.1, 0.15) is 18.1 Å². The fourth-order valence-corrected chi connectivity index (χ4v) is 3.80. The average molecular weight is 409 g/mol. The molecule has 0 aliphatic carbocycles. The van der Waals surface area contributed by atoms with Gasteiger partial charge in [0.25, 0.3) is 5.91 Å². The Bertz CT molecular complexity index is 1330. The SMILES string of the molecule is O=C(NCCc1c[nH]c2ccccc12)c1cc2ccc(OCc3ccccc3)cc2[nH]1. The maximum Gasteiger partial charge on any atom is 0.267 e. The van der Waals surface area contributed by atoms with E-state index in [2.05, 4.69) is 27.4 Å². The molecule has 0 aliphatic heterocycles. The van der Waals surface area contributed by atoms with Gasteiger partial charge in [0.05, 0.1) is 0 Å². The number of carbonyl (C=O) groups excluding carboxylic acids is 1. The third kappa shape index (κ3) is 4.16. The molecule has 0 saturated carbocycles. The summed E-state index contributed by atoms with van der Waals surface area (Å²) < 4.78 is 5.89. The van der Waals surface area contributed by atoms with Crippen molar-refractivity contribution in [1.29, 1.82) is 0 Å². The first-order valence-electron chi connectivity index (χ1n) is 10.4. The van der Waals surface area contributed by atoms with E-state index in [1.54, 1.807) is 0 Å². The Morgan fingerprint density at radius 3 is 2.65 bits per heavy atom. The minimum absolute atomic E-state index is 0.109. The summed E-state index contributed by atoms with van der Waals surface area (Å²) in [6, 6.07) is 25.9. The molecule has 0 radical (unpaired) electrons. The molecule has 0 spiro atoms. The van der Waals surface area contributed by atoms with Crippen molar-refractivity contribution in [2.75, 3.05) is 6.54 Å². The Morgan fingerprint density at radius 2 is 1.74 bits per heavy atom. The Balaban J connectivity index is 1.21. The predicted molar refractivity (Wildman–Crippen MR) is 123 cm³/mol. The first-order chi connectivity index (χ1) is 15.3. The van der Waals surface area contributed by atoms with E-state index < -0.39 is 0 Å². The molecule has 2 aromatic heterocycles. The minimum Gasteiger partial charge on any atom is -0.489 e. The molecular weight excluding hydrogens is 386 g/mol. The van der Waals surface area contributed by atoms with Gasteiger partial charge in [-0.1, -0.05) is 48.5 Å². The van der Waals surface area contributed by atoms with Crippen LogP contribution in [0.25, 0.3) is 21.8 Å². The lowest BCUT2D eigenvalue weighted by Crippen LogP contribution is -2.25. The maximum absolute atomic E-state index is 12.6. The van der Waals surface area contributed by atoms with Crippen LogP contribution >= 0.6 is 0 Å². The molecule has 2 heterocycles. The number of H-pyrrole nitrogens is 2. The number of para-hydroxylation sites is 1. The monoisotopic (exact) mass is 409 g/mol. The summed E-state index contributed by atoms with van der Waals surface area (Å²) in [6.07, 6.45) is 2.78. The molecule has 0 saturated heterocycles. The second-order valence-corrected chi connectivity index (χ2v) is 7.57. The normalized spacial score (nSPS) is 11.1. The first kappa shape index (κ1) is 19.0. The van der Waals surface area contributed by atoms with E-state index in [1.807, 2.05) is 72.9 Å². The van der Waals surface area contributed by atoms with E-state index in [4.69, 9.17) is 4.74 Å². The number of ether oxygens (including phenoxy) is 1. The number of hydrogen-bond donors (Lipinski definition) is 3. The number of benzene rings is 3. The lowest BCUT2D eigenvalue weighted by molar-refractivity contribution is 0.0950. The summed E-state index contributed by atoms with van der Waals surface area (Å²) in [5, 5.41) is 5.19. The van der Waals surface area contributed by atoms with Gasteiger partial charge in [-0.05, 0) is 41.8 Å². The molecule has 5 heteroatoms. The highest BCUT2D eigenvalue weighted by Gasteiger charge is 2.11. The highest BCUT2D eigenvalue weighted by Crippen LogP contribution is 2.22. The molecule has 3 N–H and O–H groups in total. The molecule has 0 aliphatic rings. The van der Waals surface area contributed by atoms with Crippen molar-refractivity contribution >= 4 is 27.7 Å². The Labute approximate surface area is 180 Å². The van der Waals surface area contributed by atoms with Gasteiger partial charge in [-0.2, -0.15) is 0 Å². The molecule has 154 valence electrons. The van der Waals surface area contributed by atoms with Gasteiger partial charge in [0, 0.05) is 40.6 Å². The maximum atomic E-state index is 12.6. The van der Waals surface area contributed by atoms with Crippen LogP contribution < -0.4 is 10.1 Å². The van der Waals surface area contributed by atoms with Crippen LogP contribution in [0.5, 0.6) is 5.75 Å². The molecule has 3 aromatic carbocycles. The Morgan fingerprint density at radius 1 is 0.903 bits per heavy atom. The van der Waals surface area contributed by atoms with Gasteiger partial charge in [-0.15, -0.1) is 0 Å². The van der Waals surface area contributed by atoms with Crippen molar-refractivity contribution in [1.82, 2.24) is 15.3 Å². The molecule has 0 bridgehead atoms. The topological polar surface area (TPSA) is 69.9 Å². The summed E-state index contributed by atoms with van der Waals surface area (Å²) in [6.45, 7) is 1.08. The number of fused-ring (bicyclic) bond motifs is 2. The molecule has 5 aromatic rings. The first-order valence-corrected chi connectivity index (χ1v) is 10.4. The van der Waals surface area contributed by atoms with Crippen LogP contribution in [0.3, 0.4) is 0 Å². The van der Waals surface area contributed by atoms with E-state index in [9.17, 15) is 4.79 Å². The second kappa shape index (κ2) is 8.40. The minimum atomic E-state index is -0.109. The van der Waals surface area contributed by atoms with Gasteiger partial charge >= 0.3 is 0 Å². The van der Waals surface area contributed by atoms with Crippen molar-refractivity contribution < 1.29 is 9.53 Å². The fraction of sp³-hybridized carbons (Fsp3) is 0.115. The summed E-state index contributed by atoms with van der Waals surface area (Å²) in [5.41, 5.74) is 4.86. The molecule has 5 rings (SSSR count). The number of aromatic nitrogens is 2. The summed E-state index contributed by atoms with van der Waals surface area (Å²) in [4.78, 5) is 19.1. The lowest BCUT2D eigenvalue weighted by atomic mass is 10.1. The average Bonchev–Trinajstić information content (AvgIpc) is 3.42. The lowest BCUT2D eigenvalue weighted by Gasteiger charge is -2.06. The third-order valence-corrected chi connectivity index (χ3v) is 5.44. The van der Waals surface area contributed by atoms with Crippen LogP contribution in [0.1, 0.15) is 21.6 Å². The van der Waals surface area contributed by atoms with E-state index >= 15 is 0 Å². The van der Waals surface area contributed by atoms with Crippen LogP contribution in [0, 0.1) is 0 Å². The zero-order chi connectivity index (χ0) is 21.0. The molecule has 0 unspecified atom stereocenters. The van der Waals surface area contributed by atoms with Gasteiger partial charge in [-0.3, -0.25) is 4.79 Å². The van der Waals surface area contributed by atoms with Gasteiger partial charge in [-0.25, -0.2) is 0 Å². The zero-order valence-electron chi connectivity index (χ0n) is 17.0. The molecule has 31 heavy (non-hydrogen) atoms. The third-order valence-electron chi connectivity index (χ3n) is 5.44. The van der Waals surface area contributed by atoms with Crippen molar-refractivity contribution in [3.05, 3.63) is 102 Å². The molecule has 0 atom stereocenters. The summed E-state index contributed by atoms with van der Waals surface area (Å²) in [7, 11) is 0. The standard InChI is InChI=1S/C26H23N3O2/c30-26(27-13-12-20-16-28-23-9-5-4-8-22(20)23)25-14-19-10-11-21(15-24(19)29-25)31-17-18-6-2-1-3-7-18/h1-11,14-16,28-29H,12-13,17H2,(H,27,30). The summed E-state index contributed by atoms with van der Waals surface area (Å²) in [5.74, 6) is 0.660. The molecule has 0 fully saturated rings. The zero-order valence-corrected chi connectivity index (χ0v) is 17.0. The smallest absolute Gasteiger partial charge is 0.267 e. The van der Waals surface area contributed by atoms with E-state index in [-0.39, 0.29) is 5.91 Å². The number of hydrogen-bond acceptors (Lipinski definition) is 2. The van der Waals surface area contributed by atoms with Gasteiger partial charge < -0.3 is 20.0 Å². The van der Waals surface area contributed by atoms with Crippen molar-refractivity contribution in [3.8, 4) is 5.75 Å². The number of nitrogens with one attached hydrogen (secondary N) is 3. The Hall–Kier alpha value is -3.99. The number of amides is 1. The number of carbonyl (C=O) groups is 1. The van der Waals surface area contributed by atoms with E-state index in [1.165, 1.54) is 10.9 Å². The predicted octanol–water partition coefficient (Wildman–Crippen LogP) is 5.20. The van der Waals surface area contributed by atoms with Crippen molar-refractivity contribution in [2.45, 2.75) is 13.0 Å². The number of rotatable bonds is 7. The van der Waals surface area contributed by atoms with Gasteiger partial charge in [0.15, 0.2) is 0 Å². The fourth-order valence-electron chi connectivity index (χ4n) is 3.80. The highest BCUT2D eigenvalue weighted by atomic mass is 16.5. The largest absolute Gasteiger partial charge is 0.489 e. The van der Waals surface area contributed by atoms with Crippen LogP contribution in [0.15, 0.2) is 85.1 Å². The molecule has 5 nitrogen and oxygen atoms in total. The van der Waals surface area contributed by atoms with Gasteiger partial charge in [0.2, 0.25) is 0 Å². The van der Waals surface area contributed by atoms with Crippen molar-refractivity contribution in [3.63, 3.8) is 0 Å². The number of aromatic amines is 2. The molecular formula is C26H23N3O2. The van der Waals surface area contributed by atoms with Crippen LogP contribution in [-0.4, -0.2) is 22.4 Å². The quantitative estimate of drug-likeness (QED) is 0.346. The van der Waals surface area contributed by atoms with E-state index in [0.717, 1.165) is 34.2 Å². The van der Waals surface area contributed by atoms with E-state index in [0.29, 0.717) is 18.8 Å². The Kier molecular flexibility index (Phi) is 5.15. The molecule has 1 amide bonds. The van der Waals surface area contributed by atoms with Crippen LogP contribution in [0.4, 0.5) is 0 Å². The van der Waals surface area contributed by atoms with Crippen LogP contribution in [-0.2, 0) is 13.0 Å². The summed E-state index contributed by atoms with van der Waals surface area (Å²) >= 11 is 0. The van der Waals surface area contributed by atoms with Crippen molar-refractivity contribution in [2.24, 2.45) is 0 Å². The van der Waals surface area contributed by atoms with Crippen LogP contribution in [0.2, 0.25) is 0 Å².